The molecule has 5 N–H and O–H groups in total. The van der Waals surface area contributed by atoms with Crippen LogP contribution in [0.2, 0.25) is 0 Å². The topological polar surface area (TPSA) is 113 Å². The van der Waals surface area contributed by atoms with Crippen molar-refractivity contribution in [1.82, 2.24) is 0 Å². The zero-order chi connectivity index (χ0) is 9.30. The second-order valence-electron chi connectivity index (χ2n) is 2.66. The van der Waals surface area contributed by atoms with E-state index < -0.39 is 36.9 Å². The van der Waals surface area contributed by atoms with Crippen molar-refractivity contribution in [3.8, 4) is 0 Å². The van der Waals surface area contributed by atoms with Crippen LogP contribution in [0.5, 0.6) is 0 Å². The first-order valence-corrected chi connectivity index (χ1v) is 3.49. The summed E-state index contributed by atoms with van der Waals surface area (Å²) in [7, 11) is 0. The highest BCUT2D eigenvalue weighted by atomic mass is 16.6. The van der Waals surface area contributed by atoms with Crippen molar-refractivity contribution in [1.29, 1.82) is 0 Å². The monoisotopic (exact) mass is 177 g/mol. The normalized spacial score (nSPS) is 41.6. The molecular weight excluding hydrogens is 166 g/mol. The molecule has 1 amide bonds. The molecule has 70 valence electrons. The molecule has 0 saturated carbocycles. The molecule has 1 saturated heterocycles. The Labute approximate surface area is 68.6 Å². The first-order chi connectivity index (χ1) is 5.57. The summed E-state index contributed by atoms with van der Waals surface area (Å²) in [5.41, 5.74) is 4.85. The maximum atomic E-state index is 10.6. The van der Waals surface area contributed by atoms with Crippen molar-refractivity contribution in [2.45, 2.75) is 24.4 Å². The third-order valence-corrected chi connectivity index (χ3v) is 1.82. The first kappa shape index (κ1) is 9.40. The molecule has 1 heterocycles. The van der Waals surface area contributed by atoms with Crippen molar-refractivity contribution in [3.63, 3.8) is 0 Å². The SMILES string of the molecule is NC(=O)[C@@H]1O[C@H](CO)[C@@H](O)[C@@H]1O. The van der Waals surface area contributed by atoms with Crippen molar-refractivity contribution in [2.24, 2.45) is 5.73 Å². The van der Waals surface area contributed by atoms with Crippen LogP contribution in [0.25, 0.3) is 0 Å². The second-order valence-corrected chi connectivity index (χ2v) is 2.66. The highest BCUT2D eigenvalue weighted by molar-refractivity contribution is 5.80. The molecule has 0 aliphatic carbocycles. The van der Waals surface area contributed by atoms with Gasteiger partial charge in [-0.3, -0.25) is 4.79 Å². The standard InChI is InChI=1S/C6H11NO5/c7-6(11)5-4(10)3(9)2(1-8)12-5/h2-5,8-10H,1H2,(H2,7,11)/t2-,3-,4+,5-/m1/s1. The van der Waals surface area contributed by atoms with Crippen LogP contribution in [0.1, 0.15) is 0 Å². The second kappa shape index (κ2) is 3.36. The molecule has 0 spiro atoms. The molecule has 1 fully saturated rings. The van der Waals surface area contributed by atoms with Crippen LogP contribution in [0.3, 0.4) is 0 Å². The van der Waals surface area contributed by atoms with Crippen LogP contribution >= 0.6 is 0 Å². The first-order valence-electron chi connectivity index (χ1n) is 3.49. The van der Waals surface area contributed by atoms with Gasteiger partial charge in [0.15, 0.2) is 6.10 Å². The van der Waals surface area contributed by atoms with Gasteiger partial charge < -0.3 is 25.8 Å². The zero-order valence-electron chi connectivity index (χ0n) is 6.25. The molecule has 6 heteroatoms. The lowest BCUT2D eigenvalue weighted by atomic mass is 10.1. The summed E-state index contributed by atoms with van der Waals surface area (Å²) >= 11 is 0. The number of hydrogen-bond acceptors (Lipinski definition) is 5. The number of amides is 1. The van der Waals surface area contributed by atoms with E-state index >= 15 is 0 Å². The van der Waals surface area contributed by atoms with Crippen LogP contribution in [0.15, 0.2) is 0 Å². The molecule has 1 aliphatic rings. The Bertz CT molecular complexity index is 185. The fourth-order valence-corrected chi connectivity index (χ4v) is 1.13. The molecule has 0 aromatic heterocycles. The quantitative estimate of drug-likeness (QED) is 0.358. The van der Waals surface area contributed by atoms with E-state index in [0.29, 0.717) is 0 Å². The smallest absolute Gasteiger partial charge is 0.249 e. The van der Waals surface area contributed by atoms with Gasteiger partial charge in [0.2, 0.25) is 5.91 Å². The van der Waals surface area contributed by atoms with Gasteiger partial charge >= 0.3 is 0 Å². The summed E-state index contributed by atoms with van der Waals surface area (Å²) in [5, 5.41) is 26.9. The van der Waals surface area contributed by atoms with Crippen molar-refractivity contribution >= 4 is 5.91 Å². The molecule has 1 rings (SSSR count). The minimum atomic E-state index is -1.35. The Hall–Kier alpha value is -0.690. The Kier molecular flexibility index (Phi) is 2.63. The number of aliphatic hydroxyl groups excluding tert-OH is 3. The summed E-state index contributed by atoms with van der Waals surface area (Å²) in [5.74, 6) is -0.850. The van der Waals surface area contributed by atoms with Crippen molar-refractivity contribution in [3.05, 3.63) is 0 Å². The minimum absolute atomic E-state index is 0.456. The van der Waals surface area contributed by atoms with Gasteiger partial charge in [-0.1, -0.05) is 0 Å². The van der Waals surface area contributed by atoms with Crippen molar-refractivity contribution < 1.29 is 24.9 Å². The number of carbonyl (C=O) groups excluding carboxylic acids is 1. The van der Waals surface area contributed by atoms with Crippen LogP contribution in [0, 0.1) is 0 Å². The largest absolute Gasteiger partial charge is 0.394 e. The van der Waals surface area contributed by atoms with Crippen LogP contribution < -0.4 is 5.73 Å². The number of ether oxygens (including phenoxy) is 1. The number of nitrogens with two attached hydrogens (primary N) is 1. The average Bonchev–Trinajstić information content (AvgIpc) is 2.30. The number of rotatable bonds is 2. The fraction of sp³-hybridized carbons (Fsp3) is 0.833. The van der Waals surface area contributed by atoms with Gasteiger partial charge in [0.25, 0.3) is 0 Å². The van der Waals surface area contributed by atoms with Crippen LogP contribution in [0.4, 0.5) is 0 Å². The van der Waals surface area contributed by atoms with Gasteiger partial charge in [0, 0.05) is 0 Å². The highest BCUT2D eigenvalue weighted by Crippen LogP contribution is 2.20. The molecule has 0 bridgehead atoms. The number of carbonyl (C=O) groups is 1. The number of primary amides is 1. The van der Waals surface area contributed by atoms with Gasteiger partial charge in [-0.05, 0) is 0 Å². The zero-order valence-corrected chi connectivity index (χ0v) is 6.25. The van der Waals surface area contributed by atoms with Gasteiger partial charge in [-0.2, -0.15) is 0 Å². The van der Waals surface area contributed by atoms with E-state index in [1.54, 1.807) is 0 Å². The summed E-state index contributed by atoms with van der Waals surface area (Å²) in [6.45, 7) is -0.456. The summed E-state index contributed by atoms with van der Waals surface area (Å²) < 4.78 is 4.77. The van der Waals surface area contributed by atoms with E-state index in [1.807, 2.05) is 0 Å². The molecule has 1 aliphatic heterocycles. The fourth-order valence-electron chi connectivity index (χ4n) is 1.13. The van der Waals surface area contributed by atoms with E-state index in [1.165, 1.54) is 0 Å². The Morgan fingerprint density at radius 2 is 2.00 bits per heavy atom. The van der Waals surface area contributed by atoms with Crippen molar-refractivity contribution in [2.75, 3.05) is 6.61 Å². The molecule has 4 atom stereocenters. The highest BCUT2D eigenvalue weighted by Gasteiger charge is 2.44. The molecular formula is C6H11NO5. The number of aliphatic hydroxyl groups is 3. The van der Waals surface area contributed by atoms with Gasteiger partial charge in [0.1, 0.15) is 18.3 Å². The number of hydrogen-bond donors (Lipinski definition) is 4. The molecule has 0 aromatic rings. The summed E-state index contributed by atoms with van der Waals surface area (Å²) in [4.78, 5) is 10.6. The predicted octanol–water partition coefficient (Wildman–Crippen LogP) is -3.05. The van der Waals surface area contributed by atoms with E-state index in [0.717, 1.165) is 0 Å². The molecule has 0 aromatic carbocycles. The Morgan fingerprint density at radius 1 is 1.42 bits per heavy atom. The van der Waals surface area contributed by atoms with Gasteiger partial charge in [-0.25, -0.2) is 0 Å². The lowest BCUT2D eigenvalue weighted by Crippen LogP contribution is -2.39. The molecule has 0 unspecified atom stereocenters. The van der Waals surface area contributed by atoms with Crippen LogP contribution in [-0.4, -0.2) is 52.2 Å². The van der Waals surface area contributed by atoms with Gasteiger partial charge in [0.05, 0.1) is 6.61 Å². The summed E-state index contributed by atoms with van der Waals surface area (Å²) in [6.07, 6.45) is -4.76. The van der Waals surface area contributed by atoms with E-state index in [-0.39, 0.29) is 0 Å². The van der Waals surface area contributed by atoms with E-state index in [2.05, 4.69) is 0 Å². The predicted molar refractivity (Wildman–Crippen MR) is 37.0 cm³/mol. The lowest BCUT2D eigenvalue weighted by Gasteiger charge is -2.10. The lowest BCUT2D eigenvalue weighted by molar-refractivity contribution is -0.133. The maximum Gasteiger partial charge on any atom is 0.249 e. The third-order valence-electron chi connectivity index (χ3n) is 1.82. The molecule has 6 nitrogen and oxygen atoms in total. The Morgan fingerprint density at radius 3 is 2.25 bits per heavy atom. The van der Waals surface area contributed by atoms with E-state index in [4.69, 9.17) is 25.8 Å². The van der Waals surface area contributed by atoms with Gasteiger partial charge in [-0.15, -0.1) is 0 Å². The molecule has 12 heavy (non-hydrogen) atoms. The molecule has 0 radical (unpaired) electrons. The third kappa shape index (κ3) is 1.42. The summed E-state index contributed by atoms with van der Waals surface area (Å²) in [6, 6.07) is 0. The maximum absolute atomic E-state index is 10.6. The Balaban J connectivity index is 2.66. The van der Waals surface area contributed by atoms with Crippen LogP contribution in [-0.2, 0) is 9.53 Å². The van der Waals surface area contributed by atoms with E-state index in [9.17, 15) is 4.79 Å². The average molecular weight is 177 g/mol. The minimum Gasteiger partial charge on any atom is -0.394 e.